The maximum atomic E-state index is 13.1. The molecule has 0 spiro atoms. The van der Waals surface area contributed by atoms with Crippen molar-refractivity contribution in [3.63, 3.8) is 0 Å². The van der Waals surface area contributed by atoms with E-state index in [1.807, 2.05) is 36.4 Å². The lowest BCUT2D eigenvalue weighted by molar-refractivity contribution is -0.154. The molecule has 1 N–H and O–H groups in total. The van der Waals surface area contributed by atoms with Gasteiger partial charge in [-0.1, -0.05) is 48.5 Å². The van der Waals surface area contributed by atoms with Crippen molar-refractivity contribution in [2.75, 3.05) is 0 Å². The maximum absolute atomic E-state index is 13.1. The average molecular weight is 325 g/mol. The molecule has 2 aromatic rings. The van der Waals surface area contributed by atoms with E-state index in [4.69, 9.17) is 4.74 Å². The molecule has 0 bridgehead atoms. The van der Waals surface area contributed by atoms with Crippen LogP contribution >= 0.6 is 0 Å². The fourth-order valence-corrected chi connectivity index (χ4v) is 3.15. The third kappa shape index (κ3) is 2.78. The number of carboxylic acids is 1. The van der Waals surface area contributed by atoms with E-state index in [9.17, 15) is 14.7 Å². The van der Waals surface area contributed by atoms with Crippen molar-refractivity contribution in [1.29, 1.82) is 0 Å². The Labute approximate surface area is 140 Å². The number of aliphatic carboxylic acids is 1. The first kappa shape index (κ1) is 16.2. The highest BCUT2D eigenvalue weighted by Crippen LogP contribution is 2.42. The van der Waals surface area contributed by atoms with Gasteiger partial charge in [0.25, 0.3) is 5.91 Å². The zero-order valence-electron chi connectivity index (χ0n) is 13.5. The normalized spacial score (nSPS) is 22.3. The van der Waals surface area contributed by atoms with Crippen molar-refractivity contribution < 1.29 is 19.4 Å². The SMILES string of the molecule is CC1(C)OC(C(=O)O)C(c2ccccc2)N1C(=O)c1ccccc1. The Hall–Kier alpha value is -2.66. The summed E-state index contributed by atoms with van der Waals surface area (Å²) in [5, 5.41) is 9.58. The molecule has 1 amide bonds. The first-order valence-electron chi connectivity index (χ1n) is 7.76. The minimum atomic E-state index is -1.12. The summed E-state index contributed by atoms with van der Waals surface area (Å²) in [6, 6.07) is 17.3. The molecule has 3 rings (SSSR count). The molecule has 1 aliphatic heterocycles. The molecule has 0 radical (unpaired) electrons. The van der Waals surface area contributed by atoms with Crippen molar-refractivity contribution in [3.05, 3.63) is 71.8 Å². The lowest BCUT2D eigenvalue weighted by atomic mass is 9.99. The Bertz CT molecular complexity index is 742. The zero-order chi connectivity index (χ0) is 17.3. The molecule has 0 aliphatic carbocycles. The van der Waals surface area contributed by atoms with Gasteiger partial charge in [0.05, 0.1) is 6.04 Å². The summed E-state index contributed by atoms with van der Waals surface area (Å²) < 4.78 is 5.74. The largest absolute Gasteiger partial charge is 0.479 e. The van der Waals surface area contributed by atoms with E-state index in [2.05, 4.69) is 0 Å². The summed E-state index contributed by atoms with van der Waals surface area (Å²) in [6.45, 7) is 3.43. The van der Waals surface area contributed by atoms with E-state index in [0.29, 0.717) is 5.56 Å². The van der Waals surface area contributed by atoms with Crippen LogP contribution in [0.5, 0.6) is 0 Å². The van der Waals surface area contributed by atoms with Gasteiger partial charge in [-0.05, 0) is 31.5 Å². The van der Waals surface area contributed by atoms with Crippen molar-refractivity contribution >= 4 is 11.9 Å². The molecule has 2 unspecified atom stereocenters. The van der Waals surface area contributed by atoms with Gasteiger partial charge in [0.15, 0.2) is 6.10 Å². The third-order valence-electron chi connectivity index (χ3n) is 4.18. The molecule has 0 saturated carbocycles. The van der Waals surface area contributed by atoms with Crippen LogP contribution in [0.2, 0.25) is 0 Å². The summed E-state index contributed by atoms with van der Waals surface area (Å²) >= 11 is 0. The zero-order valence-corrected chi connectivity index (χ0v) is 13.5. The number of nitrogens with zero attached hydrogens (tertiary/aromatic N) is 1. The highest BCUT2D eigenvalue weighted by molar-refractivity contribution is 5.95. The molecule has 2 atom stereocenters. The third-order valence-corrected chi connectivity index (χ3v) is 4.18. The Balaban J connectivity index is 2.09. The Morgan fingerprint density at radius 3 is 2.08 bits per heavy atom. The lowest BCUT2D eigenvalue weighted by Crippen LogP contribution is -2.45. The lowest BCUT2D eigenvalue weighted by Gasteiger charge is -2.33. The Morgan fingerprint density at radius 1 is 1.00 bits per heavy atom. The van der Waals surface area contributed by atoms with E-state index >= 15 is 0 Å². The Kier molecular flexibility index (Phi) is 4.11. The molecule has 1 fully saturated rings. The maximum Gasteiger partial charge on any atom is 0.335 e. The van der Waals surface area contributed by atoms with Crippen molar-refractivity contribution in [2.24, 2.45) is 0 Å². The second kappa shape index (κ2) is 6.09. The molecular weight excluding hydrogens is 306 g/mol. The predicted octanol–water partition coefficient (Wildman–Crippen LogP) is 3.09. The van der Waals surface area contributed by atoms with Gasteiger partial charge in [-0.3, -0.25) is 4.79 Å². The van der Waals surface area contributed by atoms with Crippen molar-refractivity contribution in [3.8, 4) is 0 Å². The first-order chi connectivity index (χ1) is 11.4. The minimum Gasteiger partial charge on any atom is -0.479 e. The van der Waals surface area contributed by atoms with Gasteiger partial charge in [-0.15, -0.1) is 0 Å². The second-order valence-corrected chi connectivity index (χ2v) is 6.22. The topological polar surface area (TPSA) is 66.8 Å². The van der Waals surface area contributed by atoms with Crippen LogP contribution in [0.25, 0.3) is 0 Å². The number of hydrogen-bond acceptors (Lipinski definition) is 3. The van der Waals surface area contributed by atoms with Gasteiger partial charge in [0, 0.05) is 5.56 Å². The number of rotatable bonds is 3. The molecule has 5 heteroatoms. The van der Waals surface area contributed by atoms with Gasteiger partial charge in [-0.25, -0.2) is 4.79 Å². The molecule has 1 aliphatic rings. The molecule has 0 aromatic heterocycles. The van der Waals surface area contributed by atoms with E-state index in [-0.39, 0.29) is 5.91 Å². The van der Waals surface area contributed by atoms with Gasteiger partial charge >= 0.3 is 5.97 Å². The van der Waals surface area contributed by atoms with Gasteiger partial charge < -0.3 is 14.7 Å². The molecule has 2 aromatic carbocycles. The summed E-state index contributed by atoms with van der Waals surface area (Å²) in [5.74, 6) is -1.33. The van der Waals surface area contributed by atoms with Crippen LogP contribution in [-0.4, -0.2) is 33.7 Å². The molecule has 1 heterocycles. The molecule has 1 saturated heterocycles. The van der Waals surface area contributed by atoms with Crippen molar-refractivity contribution in [1.82, 2.24) is 4.90 Å². The smallest absolute Gasteiger partial charge is 0.335 e. The van der Waals surface area contributed by atoms with Crippen LogP contribution in [-0.2, 0) is 9.53 Å². The summed E-state index contributed by atoms with van der Waals surface area (Å²) in [4.78, 5) is 26.3. The van der Waals surface area contributed by atoms with Crippen LogP contribution in [0.4, 0.5) is 0 Å². The summed E-state index contributed by atoms with van der Waals surface area (Å²) in [7, 11) is 0. The van der Waals surface area contributed by atoms with E-state index in [1.54, 1.807) is 38.1 Å². The van der Waals surface area contributed by atoms with Crippen LogP contribution < -0.4 is 0 Å². The van der Waals surface area contributed by atoms with E-state index < -0.39 is 23.8 Å². The van der Waals surface area contributed by atoms with Crippen LogP contribution in [0.3, 0.4) is 0 Å². The number of carboxylic acid groups (broad SMARTS) is 1. The average Bonchev–Trinajstić information content (AvgIpc) is 2.87. The highest BCUT2D eigenvalue weighted by atomic mass is 16.6. The monoisotopic (exact) mass is 325 g/mol. The predicted molar refractivity (Wildman–Crippen MR) is 88.4 cm³/mol. The molecule has 24 heavy (non-hydrogen) atoms. The van der Waals surface area contributed by atoms with Gasteiger partial charge in [-0.2, -0.15) is 0 Å². The van der Waals surface area contributed by atoms with Crippen molar-refractivity contribution in [2.45, 2.75) is 31.7 Å². The van der Waals surface area contributed by atoms with Crippen LogP contribution in [0.15, 0.2) is 60.7 Å². The number of carbonyl (C=O) groups excluding carboxylic acids is 1. The van der Waals surface area contributed by atoms with Gasteiger partial charge in [0.2, 0.25) is 0 Å². The number of hydrogen-bond donors (Lipinski definition) is 1. The standard InChI is InChI=1S/C19H19NO4/c1-19(2)20(17(21)14-11-7-4-8-12-14)15(16(24-19)18(22)23)13-9-5-3-6-10-13/h3-12,15-16H,1-2H3,(H,22,23). The number of ether oxygens (including phenoxy) is 1. The molecular formula is C19H19NO4. The van der Waals surface area contributed by atoms with Crippen LogP contribution in [0.1, 0.15) is 35.8 Å². The second-order valence-electron chi connectivity index (χ2n) is 6.22. The van der Waals surface area contributed by atoms with E-state index in [1.165, 1.54) is 4.90 Å². The minimum absolute atomic E-state index is 0.252. The van der Waals surface area contributed by atoms with Gasteiger partial charge in [0.1, 0.15) is 5.72 Å². The quantitative estimate of drug-likeness (QED) is 0.942. The fourth-order valence-electron chi connectivity index (χ4n) is 3.15. The Morgan fingerprint density at radius 2 is 1.54 bits per heavy atom. The number of carbonyl (C=O) groups is 2. The number of amides is 1. The number of benzene rings is 2. The molecule has 124 valence electrons. The highest BCUT2D eigenvalue weighted by Gasteiger charge is 2.53. The summed E-state index contributed by atoms with van der Waals surface area (Å²) in [6.07, 6.45) is -1.12. The fraction of sp³-hybridized carbons (Fsp3) is 0.263. The van der Waals surface area contributed by atoms with E-state index in [0.717, 1.165) is 5.56 Å². The summed E-state index contributed by atoms with van der Waals surface area (Å²) in [5.41, 5.74) is 0.206. The molecule has 5 nitrogen and oxygen atoms in total. The van der Waals surface area contributed by atoms with Crippen LogP contribution in [0, 0.1) is 0 Å². The first-order valence-corrected chi connectivity index (χ1v) is 7.76.